The zero-order valence-corrected chi connectivity index (χ0v) is 15.5. The van der Waals surface area contributed by atoms with Crippen LogP contribution in [0.5, 0.6) is 0 Å². The summed E-state index contributed by atoms with van der Waals surface area (Å²) in [5.41, 5.74) is 3.02. The van der Waals surface area contributed by atoms with Gasteiger partial charge < -0.3 is 4.90 Å². The van der Waals surface area contributed by atoms with Gasteiger partial charge in [0.2, 0.25) is 5.91 Å². The standard InChI is InChI=1S/C16H27N3O3S/c1-6-10-23(21,22)13(4)16(20)19-9-7-8-14(19)15-11(2)17-18(5)12(15)3/h13-14H,6-10H2,1-5H3/t13-,14+/m1/s1. The third-order valence-corrected chi connectivity index (χ3v) is 7.07. The largest absolute Gasteiger partial charge is 0.334 e. The summed E-state index contributed by atoms with van der Waals surface area (Å²) in [5.74, 6) is -0.216. The van der Waals surface area contributed by atoms with E-state index in [2.05, 4.69) is 5.10 Å². The smallest absolute Gasteiger partial charge is 0.241 e. The predicted octanol–water partition coefficient (Wildman–Crippen LogP) is 1.91. The van der Waals surface area contributed by atoms with Crippen LogP contribution in [0.4, 0.5) is 0 Å². The van der Waals surface area contributed by atoms with E-state index in [1.165, 1.54) is 6.92 Å². The SMILES string of the molecule is CCCS(=O)(=O)[C@H](C)C(=O)N1CCC[C@H]1c1c(C)nn(C)c1C. The number of hydrogen-bond acceptors (Lipinski definition) is 4. The fourth-order valence-electron chi connectivity index (χ4n) is 3.45. The first kappa shape index (κ1) is 18.0. The zero-order chi connectivity index (χ0) is 17.4. The third kappa shape index (κ3) is 3.29. The van der Waals surface area contributed by atoms with Crippen LogP contribution >= 0.6 is 0 Å². The molecule has 130 valence electrons. The molecule has 0 unspecified atom stereocenters. The molecular formula is C16H27N3O3S. The molecule has 0 aliphatic carbocycles. The maximum atomic E-state index is 12.8. The summed E-state index contributed by atoms with van der Waals surface area (Å²) in [6, 6.07) is -0.0597. The van der Waals surface area contributed by atoms with Crippen LogP contribution in [-0.2, 0) is 21.7 Å². The second-order valence-electron chi connectivity index (χ2n) is 6.41. The van der Waals surface area contributed by atoms with Crippen molar-refractivity contribution in [2.45, 2.75) is 58.2 Å². The Morgan fingerprint density at radius 2 is 2.04 bits per heavy atom. The van der Waals surface area contributed by atoms with Crippen LogP contribution in [0.3, 0.4) is 0 Å². The van der Waals surface area contributed by atoms with E-state index >= 15 is 0 Å². The van der Waals surface area contributed by atoms with Gasteiger partial charge in [-0.25, -0.2) is 8.42 Å². The highest BCUT2D eigenvalue weighted by Gasteiger charge is 2.38. The number of hydrogen-bond donors (Lipinski definition) is 0. The summed E-state index contributed by atoms with van der Waals surface area (Å²) in [6.45, 7) is 7.89. The van der Waals surface area contributed by atoms with Gasteiger partial charge in [-0.15, -0.1) is 0 Å². The van der Waals surface area contributed by atoms with E-state index in [-0.39, 0.29) is 17.7 Å². The molecule has 7 heteroatoms. The van der Waals surface area contributed by atoms with Crippen LogP contribution < -0.4 is 0 Å². The van der Waals surface area contributed by atoms with Gasteiger partial charge in [-0.2, -0.15) is 5.10 Å². The summed E-state index contributed by atoms with van der Waals surface area (Å²) in [4.78, 5) is 14.5. The van der Waals surface area contributed by atoms with Crippen LogP contribution in [0.1, 0.15) is 56.1 Å². The topological polar surface area (TPSA) is 72.3 Å². The van der Waals surface area contributed by atoms with Crippen LogP contribution in [-0.4, -0.2) is 46.6 Å². The summed E-state index contributed by atoms with van der Waals surface area (Å²) in [6.07, 6.45) is 2.29. The van der Waals surface area contributed by atoms with E-state index in [0.29, 0.717) is 13.0 Å². The maximum Gasteiger partial charge on any atom is 0.241 e. The predicted molar refractivity (Wildman–Crippen MR) is 89.9 cm³/mol. The lowest BCUT2D eigenvalue weighted by Gasteiger charge is -2.28. The van der Waals surface area contributed by atoms with Crippen molar-refractivity contribution < 1.29 is 13.2 Å². The molecule has 1 aromatic heterocycles. The molecule has 0 spiro atoms. The molecule has 1 aromatic rings. The molecule has 1 amide bonds. The number of amides is 1. The van der Waals surface area contributed by atoms with E-state index in [9.17, 15) is 13.2 Å². The van der Waals surface area contributed by atoms with Crippen LogP contribution in [0, 0.1) is 13.8 Å². The average Bonchev–Trinajstić information content (AvgIpc) is 3.03. The van der Waals surface area contributed by atoms with Gasteiger partial charge in [-0.3, -0.25) is 9.48 Å². The molecular weight excluding hydrogens is 314 g/mol. The van der Waals surface area contributed by atoms with Gasteiger partial charge in [0.25, 0.3) is 0 Å². The quantitative estimate of drug-likeness (QED) is 0.820. The number of carbonyl (C=O) groups excluding carboxylic acids is 1. The number of sulfone groups is 1. The molecule has 23 heavy (non-hydrogen) atoms. The Bertz CT molecular complexity index is 694. The van der Waals surface area contributed by atoms with Gasteiger partial charge in [0.1, 0.15) is 5.25 Å². The molecule has 2 atom stereocenters. The number of aryl methyl sites for hydroxylation is 2. The maximum absolute atomic E-state index is 12.8. The van der Waals surface area contributed by atoms with E-state index in [0.717, 1.165) is 29.8 Å². The minimum atomic E-state index is -3.38. The van der Waals surface area contributed by atoms with Crippen molar-refractivity contribution in [2.24, 2.45) is 7.05 Å². The van der Waals surface area contributed by atoms with Crippen LogP contribution in [0.15, 0.2) is 0 Å². The lowest BCUT2D eigenvalue weighted by Crippen LogP contribution is -2.42. The number of carbonyl (C=O) groups is 1. The average molecular weight is 341 g/mol. The van der Waals surface area contributed by atoms with Gasteiger partial charge in [0, 0.05) is 24.8 Å². The molecule has 1 fully saturated rings. The number of aromatic nitrogens is 2. The molecule has 0 bridgehead atoms. The minimum absolute atomic E-state index is 0.0589. The van der Waals surface area contributed by atoms with Crippen molar-refractivity contribution in [3.63, 3.8) is 0 Å². The molecule has 1 saturated heterocycles. The fourth-order valence-corrected chi connectivity index (χ4v) is 4.82. The van der Waals surface area contributed by atoms with Crippen molar-refractivity contribution in [3.05, 3.63) is 17.0 Å². The Morgan fingerprint density at radius 1 is 1.39 bits per heavy atom. The Kier molecular flexibility index (Phi) is 5.18. The van der Waals surface area contributed by atoms with Crippen molar-refractivity contribution in [1.82, 2.24) is 14.7 Å². The molecule has 0 saturated carbocycles. The molecule has 6 nitrogen and oxygen atoms in total. The van der Waals surface area contributed by atoms with Gasteiger partial charge in [-0.1, -0.05) is 6.92 Å². The molecule has 0 aromatic carbocycles. The summed E-state index contributed by atoms with van der Waals surface area (Å²) >= 11 is 0. The van der Waals surface area contributed by atoms with E-state index in [4.69, 9.17) is 0 Å². The summed E-state index contributed by atoms with van der Waals surface area (Å²) < 4.78 is 26.3. The fraction of sp³-hybridized carbons (Fsp3) is 0.750. The highest BCUT2D eigenvalue weighted by Crippen LogP contribution is 2.36. The van der Waals surface area contributed by atoms with Crippen LogP contribution in [0.2, 0.25) is 0 Å². The zero-order valence-electron chi connectivity index (χ0n) is 14.7. The molecule has 2 heterocycles. The van der Waals surface area contributed by atoms with E-state index in [1.807, 2.05) is 32.5 Å². The molecule has 1 aliphatic heterocycles. The number of likely N-dealkylation sites (tertiary alicyclic amines) is 1. The number of nitrogens with zero attached hydrogens (tertiary/aromatic N) is 3. The van der Waals surface area contributed by atoms with Gasteiger partial charge in [0.05, 0.1) is 17.5 Å². The normalized spacial score (nSPS) is 20.0. The molecule has 0 radical (unpaired) electrons. The minimum Gasteiger partial charge on any atom is -0.334 e. The molecule has 1 aliphatic rings. The highest BCUT2D eigenvalue weighted by atomic mass is 32.2. The lowest BCUT2D eigenvalue weighted by atomic mass is 10.0. The first-order valence-electron chi connectivity index (χ1n) is 8.22. The Labute approximate surface area is 138 Å². The van der Waals surface area contributed by atoms with Crippen LogP contribution in [0.25, 0.3) is 0 Å². The first-order chi connectivity index (χ1) is 10.7. The summed E-state index contributed by atoms with van der Waals surface area (Å²) in [7, 11) is -1.49. The first-order valence-corrected chi connectivity index (χ1v) is 9.94. The Morgan fingerprint density at radius 3 is 2.57 bits per heavy atom. The van der Waals surface area contributed by atoms with Gasteiger partial charge in [0.15, 0.2) is 9.84 Å². The van der Waals surface area contributed by atoms with Gasteiger partial charge in [-0.05, 0) is 40.0 Å². The second kappa shape index (κ2) is 6.63. The van der Waals surface area contributed by atoms with Gasteiger partial charge >= 0.3 is 0 Å². The summed E-state index contributed by atoms with van der Waals surface area (Å²) in [5, 5.41) is 3.46. The Hall–Kier alpha value is -1.37. The second-order valence-corrected chi connectivity index (χ2v) is 8.85. The molecule has 0 N–H and O–H groups in total. The van der Waals surface area contributed by atoms with Crippen molar-refractivity contribution >= 4 is 15.7 Å². The van der Waals surface area contributed by atoms with Crippen molar-refractivity contribution in [2.75, 3.05) is 12.3 Å². The molecule has 2 rings (SSSR count). The van der Waals surface area contributed by atoms with Crippen molar-refractivity contribution in [3.8, 4) is 0 Å². The van der Waals surface area contributed by atoms with Crippen molar-refractivity contribution in [1.29, 1.82) is 0 Å². The highest BCUT2D eigenvalue weighted by molar-refractivity contribution is 7.92. The van der Waals surface area contributed by atoms with E-state index < -0.39 is 15.1 Å². The monoisotopic (exact) mass is 341 g/mol. The Balaban J connectivity index is 2.30. The lowest BCUT2D eigenvalue weighted by molar-refractivity contribution is -0.131. The third-order valence-electron chi connectivity index (χ3n) is 4.81. The number of rotatable bonds is 5. The van der Waals surface area contributed by atoms with E-state index in [1.54, 1.807) is 4.90 Å².